The van der Waals surface area contributed by atoms with Crippen LogP contribution < -0.4 is 21.7 Å². The third kappa shape index (κ3) is 9.73. The van der Waals surface area contributed by atoms with Crippen LogP contribution in [0.3, 0.4) is 0 Å². The molecule has 0 spiro atoms. The monoisotopic (exact) mass is 460 g/mol. The second-order valence-corrected chi connectivity index (χ2v) is 7.80. The van der Waals surface area contributed by atoms with E-state index in [2.05, 4.69) is 16.0 Å². The zero-order valence-corrected chi connectivity index (χ0v) is 18.5. The van der Waals surface area contributed by atoms with Gasteiger partial charge in [0.2, 0.25) is 17.7 Å². The lowest BCUT2D eigenvalue weighted by molar-refractivity contribution is -0.144. The fourth-order valence-corrected chi connectivity index (χ4v) is 2.66. The van der Waals surface area contributed by atoms with E-state index in [4.69, 9.17) is 15.9 Å². The van der Waals surface area contributed by atoms with Crippen LogP contribution in [-0.2, 0) is 28.8 Å². The second kappa shape index (κ2) is 13.2. The maximum Gasteiger partial charge on any atom is 0.326 e. The Bertz CT molecular complexity index is 726. The Labute approximate surface area is 185 Å². The topological polar surface area (TPSA) is 225 Å². The summed E-state index contributed by atoms with van der Waals surface area (Å²) in [7, 11) is 0. The van der Waals surface area contributed by atoms with Crippen molar-refractivity contribution in [2.75, 3.05) is 0 Å². The molecule has 0 rings (SSSR count). The van der Waals surface area contributed by atoms with E-state index in [1.54, 1.807) is 27.7 Å². The first-order chi connectivity index (χ1) is 14.7. The number of hydrogen-bond donors (Lipinski definition) is 7. The van der Waals surface area contributed by atoms with Crippen molar-refractivity contribution in [2.45, 2.75) is 71.1 Å². The minimum absolute atomic E-state index is 0.394. The Balaban J connectivity index is 5.50. The zero-order chi connectivity index (χ0) is 25.2. The summed E-state index contributed by atoms with van der Waals surface area (Å²) >= 11 is 0. The van der Waals surface area contributed by atoms with Crippen LogP contribution in [0.2, 0.25) is 0 Å². The predicted octanol–water partition coefficient (Wildman–Crippen LogP) is -1.50. The molecule has 0 aromatic rings. The molecule has 13 nitrogen and oxygen atoms in total. The number of carbonyl (C=O) groups excluding carboxylic acids is 3. The Morgan fingerprint density at radius 1 is 0.750 bits per heavy atom. The summed E-state index contributed by atoms with van der Waals surface area (Å²) in [6, 6.07) is -5.59. The van der Waals surface area contributed by atoms with Crippen molar-refractivity contribution in [3.8, 4) is 0 Å². The van der Waals surface area contributed by atoms with Crippen LogP contribution in [0.1, 0.15) is 47.0 Å². The molecule has 0 bridgehead atoms. The summed E-state index contributed by atoms with van der Waals surface area (Å²) in [5, 5.41) is 33.9. The molecular weight excluding hydrogens is 428 g/mol. The maximum atomic E-state index is 12.7. The zero-order valence-electron chi connectivity index (χ0n) is 18.5. The average molecular weight is 460 g/mol. The summed E-state index contributed by atoms with van der Waals surface area (Å²) in [5.74, 6) is -7.82. The van der Waals surface area contributed by atoms with Crippen molar-refractivity contribution in [1.82, 2.24) is 16.0 Å². The summed E-state index contributed by atoms with van der Waals surface area (Å²) in [6.45, 7) is 6.55. The van der Waals surface area contributed by atoms with Crippen molar-refractivity contribution < 1.29 is 44.1 Å². The minimum Gasteiger partial charge on any atom is -0.481 e. The van der Waals surface area contributed by atoms with Crippen molar-refractivity contribution in [3.05, 3.63) is 0 Å². The molecule has 0 saturated heterocycles. The van der Waals surface area contributed by atoms with Crippen LogP contribution in [0.4, 0.5) is 0 Å². The molecule has 0 saturated carbocycles. The van der Waals surface area contributed by atoms with Gasteiger partial charge in [0.25, 0.3) is 0 Å². The van der Waals surface area contributed by atoms with Gasteiger partial charge in [-0.1, -0.05) is 34.1 Å². The predicted molar refractivity (Wildman–Crippen MR) is 110 cm³/mol. The van der Waals surface area contributed by atoms with E-state index in [1.165, 1.54) is 0 Å². The van der Waals surface area contributed by atoms with E-state index in [1.807, 2.05) is 0 Å². The Morgan fingerprint density at radius 3 is 1.66 bits per heavy atom. The Morgan fingerprint density at radius 2 is 1.25 bits per heavy atom. The van der Waals surface area contributed by atoms with Crippen molar-refractivity contribution in [3.63, 3.8) is 0 Å². The van der Waals surface area contributed by atoms with Crippen LogP contribution in [0.15, 0.2) is 0 Å². The molecular formula is C19H32N4O9. The van der Waals surface area contributed by atoms with E-state index in [9.17, 15) is 33.9 Å². The number of nitrogens with one attached hydrogen (secondary N) is 3. The standard InChI is InChI=1S/C19H32N4O9/c1-5-9(4)15(19(31)32)23-18(30)14(8(2)3)22-17(29)11(7-13(26)27)21-16(28)10(20)6-12(24)25/h8-11,14-15H,5-7,20H2,1-4H3,(H,21,28)(H,22,29)(H,23,30)(H,24,25)(H,26,27)(H,31,32). The Hall–Kier alpha value is -3.22. The fraction of sp³-hybridized carbons (Fsp3) is 0.684. The SMILES string of the molecule is CCC(C)C(NC(=O)C(NC(=O)C(CC(=O)O)NC(=O)C(N)CC(=O)O)C(C)C)C(=O)O. The van der Waals surface area contributed by atoms with Gasteiger partial charge in [0.15, 0.2) is 0 Å². The summed E-state index contributed by atoms with van der Waals surface area (Å²) in [6.07, 6.45) is -1.12. The first-order valence-corrected chi connectivity index (χ1v) is 10.0. The van der Waals surface area contributed by atoms with Gasteiger partial charge in [0.1, 0.15) is 18.1 Å². The lowest BCUT2D eigenvalue weighted by Crippen LogP contribution is -2.59. The van der Waals surface area contributed by atoms with Gasteiger partial charge in [-0.05, 0) is 11.8 Å². The number of carboxylic acids is 3. The number of nitrogens with two attached hydrogens (primary N) is 1. The first-order valence-electron chi connectivity index (χ1n) is 10.0. The molecule has 0 fully saturated rings. The van der Waals surface area contributed by atoms with Crippen molar-refractivity contribution >= 4 is 35.6 Å². The minimum atomic E-state index is -1.64. The molecule has 5 unspecified atom stereocenters. The lowest BCUT2D eigenvalue weighted by Gasteiger charge is -2.28. The molecule has 0 aliphatic carbocycles. The van der Waals surface area contributed by atoms with Crippen molar-refractivity contribution in [2.24, 2.45) is 17.6 Å². The highest BCUT2D eigenvalue weighted by Crippen LogP contribution is 2.10. The number of hydrogen-bond acceptors (Lipinski definition) is 7. The number of carboxylic acid groups (broad SMARTS) is 3. The lowest BCUT2D eigenvalue weighted by atomic mass is 9.97. The third-order valence-corrected chi connectivity index (χ3v) is 4.77. The highest BCUT2D eigenvalue weighted by Gasteiger charge is 2.34. The van der Waals surface area contributed by atoms with Gasteiger partial charge in [-0.2, -0.15) is 0 Å². The second-order valence-electron chi connectivity index (χ2n) is 7.80. The Kier molecular flexibility index (Phi) is 11.9. The van der Waals surface area contributed by atoms with Gasteiger partial charge < -0.3 is 37.0 Å². The molecule has 0 aromatic heterocycles. The van der Waals surface area contributed by atoms with E-state index in [0.717, 1.165) is 0 Å². The highest BCUT2D eigenvalue weighted by atomic mass is 16.4. The number of rotatable bonds is 14. The fourth-order valence-electron chi connectivity index (χ4n) is 2.66. The smallest absolute Gasteiger partial charge is 0.326 e. The molecule has 3 amide bonds. The molecule has 182 valence electrons. The largest absolute Gasteiger partial charge is 0.481 e. The molecule has 0 heterocycles. The van der Waals surface area contributed by atoms with Crippen LogP contribution in [0, 0.1) is 11.8 Å². The number of aliphatic carboxylic acids is 3. The summed E-state index contributed by atoms with van der Waals surface area (Å²) < 4.78 is 0. The number of carbonyl (C=O) groups is 6. The first kappa shape index (κ1) is 28.8. The maximum absolute atomic E-state index is 12.7. The van der Waals surface area contributed by atoms with Crippen molar-refractivity contribution in [1.29, 1.82) is 0 Å². The molecule has 5 atom stereocenters. The summed E-state index contributed by atoms with van der Waals surface area (Å²) in [5.41, 5.74) is 5.43. The molecule has 0 radical (unpaired) electrons. The van der Waals surface area contributed by atoms with Crippen LogP contribution in [0.25, 0.3) is 0 Å². The van der Waals surface area contributed by atoms with Crippen LogP contribution in [0.5, 0.6) is 0 Å². The van der Waals surface area contributed by atoms with Crippen LogP contribution >= 0.6 is 0 Å². The molecule has 32 heavy (non-hydrogen) atoms. The van der Waals surface area contributed by atoms with Crippen LogP contribution in [-0.4, -0.2) is 75.1 Å². The molecule has 13 heteroatoms. The van der Waals surface area contributed by atoms with E-state index < -0.39 is 84.5 Å². The normalized spacial score (nSPS) is 15.6. The molecule has 8 N–H and O–H groups in total. The van der Waals surface area contributed by atoms with Gasteiger partial charge >= 0.3 is 17.9 Å². The molecule has 0 aromatic carbocycles. The van der Waals surface area contributed by atoms with E-state index in [-0.39, 0.29) is 0 Å². The quantitative estimate of drug-likeness (QED) is 0.159. The van der Waals surface area contributed by atoms with Gasteiger partial charge in [0, 0.05) is 0 Å². The number of amides is 3. The highest BCUT2D eigenvalue weighted by molar-refractivity contribution is 5.96. The molecule has 0 aliphatic rings. The third-order valence-electron chi connectivity index (χ3n) is 4.77. The molecule has 0 aliphatic heterocycles. The average Bonchev–Trinajstić information content (AvgIpc) is 2.67. The van der Waals surface area contributed by atoms with Gasteiger partial charge in [-0.15, -0.1) is 0 Å². The van der Waals surface area contributed by atoms with Gasteiger partial charge in [0.05, 0.1) is 18.9 Å². The van der Waals surface area contributed by atoms with Gasteiger partial charge in [-0.3, -0.25) is 24.0 Å². The van der Waals surface area contributed by atoms with Gasteiger partial charge in [-0.25, -0.2) is 4.79 Å². The summed E-state index contributed by atoms with van der Waals surface area (Å²) in [4.78, 5) is 70.6. The van der Waals surface area contributed by atoms with E-state index >= 15 is 0 Å². The van der Waals surface area contributed by atoms with E-state index in [0.29, 0.717) is 6.42 Å².